The lowest BCUT2D eigenvalue weighted by molar-refractivity contribution is -0.148. The number of carbonyl (C=O) groups is 3. The fourth-order valence-corrected chi connectivity index (χ4v) is 4.13. The van der Waals surface area contributed by atoms with Gasteiger partial charge in [-0.05, 0) is 37.3 Å². The van der Waals surface area contributed by atoms with E-state index in [0.717, 1.165) is 12.1 Å². The molecule has 2 atom stereocenters. The third kappa shape index (κ3) is 4.31. The van der Waals surface area contributed by atoms with E-state index in [1.807, 2.05) is 6.92 Å². The number of hydrogen-bond acceptors (Lipinski definition) is 3. The van der Waals surface area contributed by atoms with Gasteiger partial charge in [0.2, 0.25) is 5.91 Å². The summed E-state index contributed by atoms with van der Waals surface area (Å²) in [6, 6.07) is 2.86. The van der Waals surface area contributed by atoms with Crippen LogP contribution >= 0.6 is 0 Å². The van der Waals surface area contributed by atoms with Crippen LogP contribution < -0.4 is 0 Å². The normalized spacial score (nSPS) is 23.5. The van der Waals surface area contributed by atoms with E-state index in [1.165, 1.54) is 4.90 Å². The van der Waals surface area contributed by atoms with Gasteiger partial charge >= 0.3 is 5.97 Å². The first kappa shape index (κ1) is 20.2. The Morgan fingerprint density at radius 3 is 2.32 bits per heavy atom. The fraction of sp³-hybridized carbons (Fsp3) is 0.550. The number of hydrogen-bond donors (Lipinski definition) is 1. The number of aliphatic carboxylic acids is 1. The molecule has 0 spiro atoms. The second-order valence-corrected chi connectivity index (χ2v) is 7.81. The van der Waals surface area contributed by atoms with Crippen molar-refractivity contribution in [2.24, 2.45) is 17.8 Å². The Morgan fingerprint density at radius 1 is 1.04 bits per heavy atom. The van der Waals surface area contributed by atoms with Crippen molar-refractivity contribution in [1.29, 1.82) is 0 Å². The lowest BCUT2D eigenvalue weighted by Gasteiger charge is -2.39. The van der Waals surface area contributed by atoms with Crippen molar-refractivity contribution >= 4 is 17.8 Å². The molecule has 2 unspecified atom stereocenters. The molecule has 2 aliphatic heterocycles. The number of nitrogens with zero attached hydrogens (tertiary/aromatic N) is 2. The summed E-state index contributed by atoms with van der Waals surface area (Å²) in [4.78, 5) is 39.7. The van der Waals surface area contributed by atoms with Gasteiger partial charge in [-0.15, -0.1) is 0 Å². The van der Waals surface area contributed by atoms with Crippen LogP contribution in [0.25, 0.3) is 0 Å². The zero-order valence-electron chi connectivity index (χ0n) is 15.7. The van der Waals surface area contributed by atoms with Crippen molar-refractivity contribution < 1.29 is 28.3 Å². The fourth-order valence-electron chi connectivity index (χ4n) is 4.13. The topological polar surface area (TPSA) is 77.9 Å². The predicted octanol–water partition coefficient (Wildman–Crippen LogP) is 2.39. The summed E-state index contributed by atoms with van der Waals surface area (Å²) in [6.45, 7) is 3.31. The number of halogens is 2. The van der Waals surface area contributed by atoms with Crippen LogP contribution in [0.2, 0.25) is 0 Å². The number of rotatable bonds is 3. The van der Waals surface area contributed by atoms with E-state index in [2.05, 4.69) is 0 Å². The number of carboxylic acid groups (broad SMARTS) is 1. The standard InChI is InChI=1S/C20H24F2N2O4/c1-12-8-14(20(27)28)11-24(10-12)18(25)13-4-6-23(7-5-13)19(26)16-3-2-15(21)9-17(16)22/h2-3,9,12-14H,4-8,10-11H2,1H3,(H,27,28). The molecule has 8 heteroatoms. The minimum absolute atomic E-state index is 0.0714. The molecule has 0 bridgehead atoms. The molecule has 0 aliphatic carbocycles. The van der Waals surface area contributed by atoms with Crippen molar-refractivity contribution in [3.05, 3.63) is 35.4 Å². The number of amides is 2. The number of benzene rings is 1. The molecule has 1 aromatic rings. The van der Waals surface area contributed by atoms with Crippen molar-refractivity contribution in [3.8, 4) is 0 Å². The molecule has 2 saturated heterocycles. The lowest BCUT2D eigenvalue weighted by atomic mass is 9.88. The molecule has 1 N–H and O–H groups in total. The quantitative estimate of drug-likeness (QED) is 0.854. The average Bonchev–Trinajstić information content (AvgIpc) is 2.66. The highest BCUT2D eigenvalue weighted by Crippen LogP contribution is 2.27. The number of carbonyl (C=O) groups excluding carboxylic acids is 2. The maximum atomic E-state index is 13.8. The van der Waals surface area contributed by atoms with E-state index in [9.17, 15) is 28.3 Å². The Labute approximate surface area is 162 Å². The summed E-state index contributed by atoms with van der Waals surface area (Å²) in [5.74, 6) is -3.80. The second kappa shape index (κ2) is 8.24. The van der Waals surface area contributed by atoms with Crippen LogP contribution in [0.15, 0.2) is 18.2 Å². The van der Waals surface area contributed by atoms with E-state index in [1.54, 1.807) is 4.90 Å². The Bertz CT molecular complexity index is 777. The van der Waals surface area contributed by atoms with Gasteiger partial charge in [-0.25, -0.2) is 8.78 Å². The molecule has 2 aliphatic rings. The van der Waals surface area contributed by atoms with Gasteiger partial charge in [-0.1, -0.05) is 6.92 Å². The summed E-state index contributed by atoms with van der Waals surface area (Å²) in [7, 11) is 0. The SMILES string of the molecule is CC1CC(C(=O)O)CN(C(=O)C2CCN(C(=O)c3ccc(F)cc3F)CC2)C1. The Balaban J connectivity index is 1.59. The first-order valence-corrected chi connectivity index (χ1v) is 9.52. The summed E-state index contributed by atoms with van der Waals surface area (Å²) < 4.78 is 26.9. The monoisotopic (exact) mass is 394 g/mol. The third-order valence-electron chi connectivity index (χ3n) is 5.61. The zero-order valence-corrected chi connectivity index (χ0v) is 15.7. The molecule has 1 aromatic carbocycles. The van der Waals surface area contributed by atoms with E-state index in [-0.39, 0.29) is 29.9 Å². The van der Waals surface area contributed by atoms with E-state index >= 15 is 0 Å². The molecule has 3 rings (SSSR count). The highest BCUT2D eigenvalue weighted by atomic mass is 19.1. The maximum absolute atomic E-state index is 13.8. The van der Waals surface area contributed by atoms with Gasteiger partial charge in [0.05, 0.1) is 11.5 Å². The van der Waals surface area contributed by atoms with Gasteiger partial charge < -0.3 is 14.9 Å². The Morgan fingerprint density at radius 2 is 1.71 bits per heavy atom. The van der Waals surface area contributed by atoms with Crippen molar-refractivity contribution in [2.75, 3.05) is 26.2 Å². The van der Waals surface area contributed by atoms with Crippen LogP contribution in [-0.2, 0) is 9.59 Å². The summed E-state index contributed by atoms with van der Waals surface area (Å²) in [6.07, 6.45) is 1.45. The molecule has 28 heavy (non-hydrogen) atoms. The molecule has 6 nitrogen and oxygen atoms in total. The Kier molecular flexibility index (Phi) is 5.96. The van der Waals surface area contributed by atoms with Gasteiger partial charge in [0.25, 0.3) is 5.91 Å². The van der Waals surface area contributed by atoms with Crippen LogP contribution in [-0.4, -0.2) is 58.9 Å². The smallest absolute Gasteiger partial charge is 0.308 e. The molecular weight excluding hydrogens is 370 g/mol. The summed E-state index contributed by atoms with van der Waals surface area (Å²) >= 11 is 0. The van der Waals surface area contributed by atoms with Gasteiger partial charge in [0, 0.05) is 38.2 Å². The van der Waals surface area contributed by atoms with Gasteiger partial charge in [-0.2, -0.15) is 0 Å². The van der Waals surface area contributed by atoms with E-state index in [4.69, 9.17) is 0 Å². The van der Waals surface area contributed by atoms with Gasteiger partial charge in [0.1, 0.15) is 11.6 Å². The van der Waals surface area contributed by atoms with Crippen molar-refractivity contribution in [2.45, 2.75) is 26.2 Å². The van der Waals surface area contributed by atoms with E-state index < -0.39 is 29.4 Å². The third-order valence-corrected chi connectivity index (χ3v) is 5.61. The molecular formula is C20H24F2N2O4. The van der Waals surface area contributed by atoms with E-state index in [0.29, 0.717) is 45.0 Å². The van der Waals surface area contributed by atoms with Crippen LogP contribution in [0.5, 0.6) is 0 Å². The number of carboxylic acids is 1. The highest BCUT2D eigenvalue weighted by molar-refractivity contribution is 5.94. The largest absolute Gasteiger partial charge is 0.481 e. The molecule has 2 heterocycles. The van der Waals surface area contributed by atoms with Gasteiger partial charge in [0.15, 0.2) is 0 Å². The van der Waals surface area contributed by atoms with Crippen molar-refractivity contribution in [1.82, 2.24) is 9.80 Å². The first-order chi connectivity index (χ1) is 13.3. The molecule has 0 saturated carbocycles. The second-order valence-electron chi connectivity index (χ2n) is 7.81. The molecule has 2 fully saturated rings. The molecule has 0 aromatic heterocycles. The lowest BCUT2D eigenvalue weighted by Crippen LogP contribution is -2.50. The average molecular weight is 394 g/mol. The molecule has 2 amide bonds. The molecule has 152 valence electrons. The molecule has 0 radical (unpaired) electrons. The maximum Gasteiger partial charge on any atom is 0.308 e. The highest BCUT2D eigenvalue weighted by Gasteiger charge is 2.36. The number of piperidine rings is 2. The number of likely N-dealkylation sites (tertiary alicyclic amines) is 2. The van der Waals surface area contributed by atoms with Gasteiger partial charge in [-0.3, -0.25) is 14.4 Å². The van der Waals surface area contributed by atoms with Crippen LogP contribution in [0.4, 0.5) is 8.78 Å². The summed E-state index contributed by atoms with van der Waals surface area (Å²) in [5.41, 5.74) is -0.180. The summed E-state index contributed by atoms with van der Waals surface area (Å²) in [5, 5.41) is 9.27. The minimum Gasteiger partial charge on any atom is -0.481 e. The van der Waals surface area contributed by atoms with Crippen LogP contribution in [0.1, 0.15) is 36.5 Å². The van der Waals surface area contributed by atoms with Crippen LogP contribution in [0.3, 0.4) is 0 Å². The zero-order chi connectivity index (χ0) is 20.4. The van der Waals surface area contributed by atoms with Crippen LogP contribution in [0, 0.1) is 29.4 Å². The Hall–Kier alpha value is -2.51. The first-order valence-electron chi connectivity index (χ1n) is 9.52. The van der Waals surface area contributed by atoms with Crippen molar-refractivity contribution in [3.63, 3.8) is 0 Å². The predicted molar refractivity (Wildman–Crippen MR) is 96.5 cm³/mol. The minimum atomic E-state index is -0.898.